The molecule has 0 aliphatic carbocycles. The van der Waals surface area contributed by atoms with Crippen LogP contribution >= 0.6 is 12.6 Å². The Morgan fingerprint density at radius 2 is 1.93 bits per heavy atom. The number of thiol groups is 1. The highest BCUT2D eigenvalue weighted by molar-refractivity contribution is 7.81. The van der Waals surface area contributed by atoms with Gasteiger partial charge >= 0.3 is 0 Å². The lowest BCUT2D eigenvalue weighted by molar-refractivity contribution is 0.108. The number of hydrogen-bond donors (Lipinski definition) is 1. The van der Waals surface area contributed by atoms with Gasteiger partial charge in [-0.15, -0.1) is 0 Å². The van der Waals surface area contributed by atoms with E-state index in [0.29, 0.717) is 23.5 Å². The third kappa shape index (κ3) is 2.26. The van der Waals surface area contributed by atoms with Gasteiger partial charge in [-0.2, -0.15) is 12.6 Å². The minimum absolute atomic E-state index is 0.419. The topological polar surface area (TPSA) is 6.48 Å². The second-order valence-electron chi connectivity index (χ2n) is 4.62. The van der Waals surface area contributed by atoms with Gasteiger partial charge < -0.3 is 0 Å². The summed E-state index contributed by atoms with van der Waals surface area (Å²) >= 11 is 4.62. The van der Waals surface area contributed by atoms with Crippen molar-refractivity contribution in [1.29, 1.82) is 0 Å². The van der Waals surface area contributed by atoms with Gasteiger partial charge in [-0.25, -0.2) is 0 Å². The van der Waals surface area contributed by atoms with Crippen molar-refractivity contribution in [3.63, 3.8) is 0 Å². The molecule has 3 heteroatoms. The minimum atomic E-state index is 0.419. The standard InChI is InChI=1S/C11H24N2S/c1-6-12-9(4)7-13(8(2)3)11(12)10(5)14/h8-11,14H,6-7H2,1-5H3/t9-,10?,11?/m0/s1. The van der Waals surface area contributed by atoms with Crippen LogP contribution in [0.2, 0.25) is 0 Å². The Balaban J connectivity index is 2.79. The summed E-state index contributed by atoms with van der Waals surface area (Å²) in [6.45, 7) is 13.6. The molecule has 0 aromatic heterocycles. The second-order valence-corrected chi connectivity index (χ2v) is 5.44. The molecule has 2 unspecified atom stereocenters. The van der Waals surface area contributed by atoms with Crippen LogP contribution in [0.25, 0.3) is 0 Å². The molecule has 1 aliphatic rings. The van der Waals surface area contributed by atoms with Crippen molar-refractivity contribution in [2.24, 2.45) is 0 Å². The zero-order valence-corrected chi connectivity index (χ0v) is 11.0. The van der Waals surface area contributed by atoms with E-state index in [1.54, 1.807) is 0 Å². The predicted molar refractivity (Wildman–Crippen MR) is 65.9 cm³/mol. The van der Waals surface area contributed by atoms with Gasteiger partial charge in [-0.3, -0.25) is 9.80 Å². The lowest BCUT2D eigenvalue weighted by Gasteiger charge is -2.35. The average molecular weight is 216 g/mol. The molecule has 1 aliphatic heterocycles. The first kappa shape index (κ1) is 12.3. The summed E-state index contributed by atoms with van der Waals surface area (Å²) in [5.41, 5.74) is 0. The summed E-state index contributed by atoms with van der Waals surface area (Å²) in [7, 11) is 0. The van der Waals surface area contributed by atoms with E-state index < -0.39 is 0 Å². The molecule has 3 atom stereocenters. The van der Waals surface area contributed by atoms with Crippen molar-refractivity contribution in [3.05, 3.63) is 0 Å². The SMILES string of the molecule is CCN1C(C(C)S)N(C(C)C)C[C@@H]1C. The van der Waals surface area contributed by atoms with Gasteiger partial charge in [0.15, 0.2) is 0 Å². The molecule has 1 rings (SSSR count). The number of rotatable bonds is 3. The number of hydrogen-bond acceptors (Lipinski definition) is 3. The fraction of sp³-hybridized carbons (Fsp3) is 1.00. The summed E-state index contributed by atoms with van der Waals surface area (Å²) in [5, 5.41) is 0.419. The Bertz CT molecular complexity index is 182. The normalized spacial score (nSPS) is 32.8. The van der Waals surface area contributed by atoms with Gasteiger partial charge in [0.1, 0.15) is 0 Å². The lowest BCUT2D eigenvalue weighted by atomic mass is 10.2. The predicted octanol–water partition coefficient (Wildman–Crippen LogP) is 2.07. The monoisotopic (exact) mass is 216 g/mol. The Kier molecular flexibility index (Phi) is 4.29. The third-order valence-corrected chi connectivity index (χ3v) is 3.45. The molecule has 84 valence electrons. The van der Waals surface area contributed by atoms with E-state index >= 15 is 0 Å². The van der Waals surface area contributed by atoms with Crippen molar-refractivity contribution in [3.8, 4) is 0 Å². The highest BCUT2D eigenvalue weighted by atomic mass is 32.1. The second kappa shape index (κ2) is 4.86. The first-order valence-electron chi connectivity index (χ1n) is 5.68. The summed E-state index contributed by atoms with van der Waals surface area (Å²) in [5.74, 6) is 0. The molecule has 0 radical (unpaired) electrons. The van der Waals surface area contributed by atoms with Gasteiger partial charge in [0, 0.05) is 23.9 Å². The van der Waals surface area contributed by atoms with Gasteiger partial charge in [-0.05, 0) is 27.3 Å². The Labute approximate surface area is 94.1 Å². The summed E-state index contributed by atoms with van der Waals surface area (Å²) in [6.07, 6.45) is 0.512. The quantitative estimate of drug-likeness (QED) is 0.722. The van der Waals surface area contributed by atoms with E-state index in [9.17, 15) is 0 Å². The smallest absolute Gasteiger partial charge is 0.0744 e. The Hall–Kier alpha value is 0.270. The summed E-state index contributed by atoms with van der Waals surface area (Å²) in [4.78, 5) is 5.11. The van der Waals surface area contributed by atoms with Crippen molar-refractivity contribution in [1.82, 2.24) is 9.80 Å². The molecule has 14 heavy (non-hydrogen) atoms. The van der Waals surface area contributed by atoms with Crippen LogP contribution in [0.5, 0.6) is 0 Å². The van der Waals surface area contributed by atoms with Crippen LogP contribution in [0.4, 0.5) is 0 Å². The van der Waals surface area contributed by atoms with Crippen molar-refractivity contribution in [2.75, 3.05) is 13.1 Å². The molecule has 1 fully saturated rings. The van der Waals surface area contributed by atoms with E-state index in [-0.39, 0.29) is 0 Å². The zero-order chi connectivity index (χ0) is 10.9. The molecule has 0 aromatic rings. The van der Waals surface area contributed by atoms with Crippen LogP contribution in [-0.4, -0.2) is 46.4 Å². The zero-order valence-electron chi connectivity index (χ0n) is 10.1. The molecule has 1 saturated heterocycles. The summed E-state index contributed by atoms with van der Waals surface area (Å²) in [6, 6.07) is 1.29. The van der Waals surface area contributed by atoms with E-state index in [1.807, 2.05) is 0 Å². The fourth-order valence-corrected chi connectivity index (χ4v) is 2.88. The third-order valence-electron chi connectivity index (χ3n) is 3.18. The van der Waals surface area contributed by atoms with Crippen LogP contribution < -0.4 is 0 Å². The molecule has 0 amide bonds. The molecular formula is C11H24N2S. The van der Waals surface area contributed by atoms with Gasteiger partial charge in [-0.1, -0.05) is 13.8 Å². The largest absolute Gasteiger partial charge is 0.283 e. The highest BCUT2D eigenvalue weighted by Crippen LogP contribution is 2.26. The molecular weight excluding hydrogens is 192 g/mol. The van der Waals surface area contributed by atoms with Crippen molar-refractivity contribution < 1.29 is 0 Å². The van der Waals surface area contributed by atoms with Crippen LogP contribution in [0.1, 0.15) is 34.6 Å². The maximum absolute atomic E-state index is 4.62. The summed E-state index contributed by atoms with van der Waals surface area (Å²) < 4.78 is 0. The molecule has 0 aromatic carbocycles. The average Bonchev–Trinajstić information content (AvgIpc) is 2.42. The van der Waals surface area contributed by atoms with Crippen LogP contribution in [0, 0.1) is 0 Å². The molecule has 1 heterocycles. The van der Waals surface area contributed by atoms with Crippen molar-refractivity contribution >= 4 is 12.6 Å². The Morgan fingerprint density at radius 3 is 2.29 bits per heavy atom. The van der Waals surface area contributed by atoms with Gasteiger partial charge in [0.25, 0.3) is 0 Å². The van der Waals surface area contributed by atoms with E-state index in [1.165, 1.54) is 6.54 Å². The molecule has 0 saturated carbocycles. The van der Waals surface area contributed by atoms with E-state index in [2.05, 4.69) is 57.0 Å². The minimum Gasteiger partial charge on any atom is -0.283 e. The fourth-order valence-electron chi connectivity index (χ4n) is 2.54. The van der Waals surface area contributed by atoms with Gasteiger partial charge in [0.2, 0.25) is 0 Å². The van der Waals surface area contributed by atoms with E-state index in [0.717, 1.165) is 6.54 Å². The number of nitrogens with zero attached hydrogens (tertiary/aromatic N) is 2. The molecule has 0 N–H and O–H groups in total. The highest BCUT2D eigenvalue weighted by Gasteiger charge is 2.39. The lowest BCUT2D eigenvalue weighted by Crippen LogP contribution is -2.47. The molecule has 2 nitrogen and oxygen atoms in total. The first-order valence-corrected chi connectivity index (χ1v) is 6.20. The van der Waals surface area contributed by atoms with Crippen LogP contribution in [0.15, 0.2) is 0 Å². The van der Waals surface area contributed by atoms with Crippen LogP contribution in [-0.2, 0) is 0 Å². The van der Waals surface area contributed by atoms with Crippen molar-refractivity contribution in [2.45, 2.75) is 58.1 Å². The molecule has 0 bridgehead atoms. The molecule has 0 spiro atoms. The Morgan fingerprint density at radius 1 is 1.36 bits per heavy atom. The van der Waals surface area contributed by atoms with E-state index in [4.69, 9.17) is 0 Å². The number of likely N-dealkylation sites (N-methyl/N-ethyl adjacent to an activating group) is 1. The maximum Gasteiger partial charge on any atom is 0.0744 e. The maximum atomic E-state index is 4.62. The van der Waals surface area contributed by atoms with Gasteiger partial charge in [0.05, 0.1) is 6.17 Å². The first-order chi connectivity index (χ1) is 6.49. The van der Waals surface area contributed by atoms with Crippen LogP contribution in [0.3, 0.4) is 0 Å².